The van der Waals surface area contributed by atoms with Crippen molar-refractivity contribution < 1.29 is 4.79 Å². The van der Waals surface area contributed by atoms with Crippen LogP contribution in [-0.2, 0) is 11.3 Å². The van der Waals surface area contributed by atoms with Gasteiger partial charge in [-0.05, 0) is 37.1 Å². The van der Waals surface area contributed by atoms with E-state index in [9.17, 15) is 4.79 Å². The van der Waals surface area contributed by atoms with E-state index in [1.165, 1.54) is 0 Å². The molecule has 1 unspecified atom stereocenters. The molecule has 1 aromatic rings. The fourth-order valence-corrected chi connectivity index (χ4v) is 3.38. The van der Waals surface area contributed by atoms with Crippen molar-refractivity contribution in [1.82, 2.24) is 10.2 Å². The number of likely N-dealkylation sites (tertiary alicyclic amines) is 1. The zero-order valence-corrected chi connectivity index (χ0v) is 14.3. The van der Waals surface area contributed by atoms with Crippen molar-refractivity contribution in [3.63, 3.8) is 0 Å². The molecule has 3 N–H and O–H groups in total. The van der Waals surface area contributed by atoms with E-state index in [-0.39, 0.29) is 11.8 Å². The molecule has 0 saturated carbocycles. The molecule has 0 radical (unpaired) electrons. The van der Waals surface area contributed by atoms with Crippen LogP contribution in [0.3, 0.4) is 0 Å². The highest BCUT2D eigenvalue weighted by molar-refractivity contribution is 9.10. The molecule has 1 aliphatic heterocycles. The average molecular weight is 375 g/mol. The third kappa shape index (κ3) is 4.95. The molecule has 0 aliphatic carbocycles. The van der Waals surface area contributed by atoms with E-state index in [0.29, 0.717) is 13.1 Å². The van der Waals surface area contributed by atoms with Gasteiger partial charge in [0.1, 0.15) is 0 Å². The van der Waals surface area contributed by atoms with E-state index < -0.39 is 0 Å². The Labute approximate surface area is 139 Å². The predicted molar refractivity (Wildman–Crippen MR) is 89.2 cm³/mol. The number of benzene rings is 1. The van der Waals surface area contributed by atoms with Crippen LogP contribution in [0.4, 0.5) is 0 Å². The summed E-state index contributed by atoms with van der Waals surface area (Å²) in [4.78, 5) is 14.3. The molecule has 1 aliphatic rings. The minimum Gasteiger partial charge on any atom is -0.355 e. The summed E-state index contributed by atoms with van der Waals surface area (Å²) < 4.78 is 0.980. The van der Waals surface area contributed by atoms with E-state index >= 15 is 0 Å². The highest BCUT2D eigenvalue weighted by Gasteiger charge is 2.25. The van der Waals surface area contributed by atoms with Gasteiger partial charge in [0.25, 0.3) is 0 Å². The van der Waals surface area contributed by atoms with Crippen LogP contribution < -0.4 is 11.1 Å². The Balaban J connectivity index is 1.93. The standard InChI is InChI=1S/C15H21BrClN3O/c16-13-4-3-11(14(17)8-13)9-20-7-1-2-12(10-20)15(21)19-6-5-18/h3-4,8,12H,1-2,5-7,9-10,18H2,(H,19,21). The van der Waals surface area contributed by atoms with Crippen molar-refractivity contribution in [2.45, 2.75) is 19.4 Å². The molecule has 4 nitrogen and oxygen atoms in total. The number of amides is 1. The first-order chi connectivity index (χ1) is 10.1. The molecule has 0 bridgehead atoms. The molecule has 1 heterocycles. The van der Waals surface area contributed by atoms with Crippen LogP contribution in [0.2, 0.25) is 5.02 Å². The Morgan fingerprint density at radius 1 is 1.52 bits per heavy atom. The summed E-state index contributed by atoms with van der Waals surface area (Å²) in [6, 6.07) is 5.94. The Morgan fingerprint density at radius 3 is 3.05 bits per heavy atom. The molecule has 1 atom stereocenters. The van der Waals surface area contributed by atoms with Crippen molar-refractivity contribution >= 4 is 33.4 Å². The molecule has 1 aromatic carbocycles. The maximum Gasteiger partial charge on any atom is 0.224 e. The maximum atomic E-state index is 12.0. The molecular weight excluding hydrogens is 354 g/mol. The van der Waals surface area contributed by atoms with Crippen LogP contribution in [0.25, 0.3) is 0 Å². The minimum absolute atomic E-state index is 0.0551. The summed E-state index contributed by atoms with van der Waals surface area (Å²) in [7, 11) is 0. The van der Waals surface area contributed by atoms with Crippen LogP contribution >= 0.6 is 27.5 Å². The van der Waals surface area contributed by atoms with Crippen molar-refractivity contribution in [3.05, 3.63) is 33.3 Å². The Kier molecular flexibility index (Phi) is 6.48. The Morgan fingerprint density at radius 2 is 2.33 bits per heavy atom. The number of hydrogen-bond donors (Lipinski definition) is 2. The van der Waals surface area contributed by atoms with E-state index in [1.54, 1.807) is 0 Å². The van der Waals surface area contributed by atoms with Crippen molar-refractivity contribution in [3.8, 4) is 0 Å². The van der Waals surface area contributed by atoms with Gasteiger partial charge >= 0.3 is 0 Å². The minimum atomic E-state index is 0.0551. The van der Waals surface area contributed by atoms with Crippen molar-refractivity contribution in [2.75, 3.05) is 26.2 Å². The zero-order chi connectivity index (χ0) is 15.2. The smallest absolute Gasteiger partial charge is 0.224 e. The summed E-state index contributed by atoms with van der Waals surface area (Å²) >= 11 is 9.68. The summed E-state index contributed by atoms with van der Waals surface area (Å²) in [6.07, 6.45) is 1.98. The number of carbonyl (C=O) groups excluding carboxylic acids is 1. The van der Waals surface area contributed by atoms with Crippen molar-refractivity contribution in [1.29, 1.82) is 0 Å². The second-order valence-corrected chi connectivity index (χ2v) is 6.71. The summed E-state index contributed by atoms with van der Waals surface area (Å²) in [5.74, 6) is 0.173. The van der Waals surface area contributed by atoms with Gasteiger partial charge < -0.3 is 11.1 Å². The van der Waals surface area contributed by atoms with Gasteiger partial charge in [0.2, 0.25) is 5.91 Å². The lowest BCUT2D eigenvalue weighted by Gasteiger charge is -2.32. The van der Waals surface area contributed by atoms with Crippen LogP contribution in [-0.4, -0.2) is 37.0 Å². The van der Waals surface area contributed by atoms with Crippen molar-refractivity contribution in [2.24, 2.45) is 11.7 Å². The Bertz CT molecular complexity index is 498. The van der Waals surface area contributed by atoms with Crippen LogP contribution in [0.1, 0.15) is 18.4 Å². The molecule has 0 spiro atoms. The average Bonchev–Trinajstić information content (AvgIpc) is 2.48. The second-order valence-electron chi connectivity index (χ2n) is 5.39. The van der Waals surface area contributed by atoms with Gasteiger partial charge in [-0.1, -0.05) is 33.6 Å². The molecule has 0 aromatic heterocycles. The van der Waals surface area contributed by atoms with Gasteiger partial charge in [-0.25, -0.2) is 0 Å². The van der Waals surface area contributed by atoms with Gasteiger partial charge in [0, 0.05) is 35.7 Å². The van der Waals surface area contributed by atoms with E-state index in [2.05, 4.69) is 26.1 Å². The topological polar surface area (TPSA) is 58.4 Å². The largest absolute Gasteiger partial charge is 0.355 e. The number of nitrogens with one attached hydrogen (secondary N) is 1. The quantitative estimate of drug-likeness (QED) is 0.832. The lowest BCUT2D eigenvalue weighted by Crippen LogP contribution is -2.43. The predicted octanol–water partition coefficient (Wildman–Crippen LogP) is 2.39. The number of hydrogen-bond acceptors (Lipinski definition) is 3. The molecule has 21 heavy (non-hydrogen) atoms. The highest BCUT2D eigenvalue weighted by atomic mass is 79.9. The third-order valence-electron chi connectivity index (χ3n) is 3.73. The molecule has 116 valence electrons. The number of halogens is 2. The summed E-state index contributed by atoms with van der Waals surface area (Å²) in [6.45, 7) is 3.60. The number of piperidine rings is 1. The van der Waals surface area contributed by atoms with E-state index in [1.807, 2.05) is 18.2 Å². The van der Waals surface area contributed by atoms with Gasteiger partial charge in [-0.3, -0.25) is 9.69 Å². The first-order valence-electron chi connectivity index (χ1n) is 7.24. The third-order valence-corrected chi connectivity index (χ3v) is 4.57. The molecule has 1 fully saturated rings. The fourth-order valence-electron chi connectivity index (χ4n) is 2.64. The number of rotatable bonds is 5. The number of nitrogens with zero attached hydrogens (tertiary/aromatic N) is 1. The van der Waals surface area contributed by atoms with E-state index in [0.717, 1.165) is 47.5 Å². The molecule has 1 saturated heterocycles. The van der Waals surface area contributed by atoms with Gasteiger partial charge in [-0.2, -0.15) is 0 Å². The van der Waals surface area contributed by atoms with Gasteiger partial charge in [0.05, 0.1) is 5.92 Å². The summed E-state index contributed by atoms with van der Waals surface area (Å²) in [5, 5.41) is 3.65. The first-order valence-corrected chi connectivity index (χ1v) is 8.41. The second kappa shape index (κ2) is 8.13. The lowest BCUT2D eigenvalue weighted by atomic mass is 9.96. The molecule has 1 amide bonds. The summed E-state index contributed by atoms with van der Waals surface area (Å²) in [5.41, 5.74) is 6.52. The normalized spacial score (nSPS) is 19.5. The lowest BCUT2D eigenvalue weighted by molar-refractivity contribution is -0.126. The van der Waals surface area contributed by atoms with E-state index in [4.69, 9.17) is 17.3 Å². The number of carbonyl (C=O) groups is 1. The van der Waals surface area contributed by atoms with Gasteiger partial charge in [-0.15, -0.1) is 0 Å². The fraction of sp³-hybridized carbons (Fsp3) is 0.533. The molecule has 6 heteroatoms. The maximum absolute atomic E-state index is 12.0. The molecule has 2 rings (SSSR count). The monoisotopic (exact) mass is 373 g/mol. The highest BCUT2D eigenvalue weighted by Crippen LogP contribution is 2.25. The van der Waals surface area contributed by atoms with Gasteiger partial charge in [0.15, 0.2) is 0 Å². The Hall–Kier alpha value is -0.620. The van der Waals surface area contributed by atoms with Crippen LogP contribution in [0.15, 0.2) is 22.7 Å². The first kappa shape index (κ1) is 16.7. The van der Waals surface area contributed by atoms with Crippen LogP contribution in [0.5, 0.6) is 0 Å². The SMILES string of the molecule is NCCNC(=O)C1CCCN(Cc2ccc(Br)cc2Cl)C1. The van der Waals surface area contributed by atoms with Crippen LogP contribution in [0, 0.1) is 5.92 Å². The zero-order valence-electron chi connectivity index (χ0n) is 11.9. The molecular formula is C15H21BrClN3O. The number of nitrogens with two attached hydrogens (primary N) is 1.